The molecule has 4 rings (SSSR count). The Hall–Kier alpha value is -2.69. The number of anilines is 1. The van der Waals surface area contributed by atoms with Gasteiger partial charge in [0.05, 0.1) is 12.1 Å². The molecule has 0 bridgehead atoms. The lowest BCUT2D eigenvalue weighted by atomic mass is 9.86. The third-order valence-corrected chi connectivity index (χ3v) is 5.37. The summed E-state index contributed by atoms with van der Waals surface area (Å²) in [6, 6.07) is 16.2. The zero-order valence-corrected chi connectivity index (χ0v) is 14.8. The number of halogens is 1. The SMILES string of the molecule is Cc1c(Cl)ccc2c1NC(=O)[C@@]2(O)CC(=O)c1cccc2ccccc12. The van der Waals surface area contributed by atoms with E-state index in [4.69, 9.17) is 11.6 Å². The summed E-state index contributed by atoms with van der Waals surface area (Å²) < 4.78 is 0. The van der Waals surface area contributed by atoms with Crippen LogP contribution < -0.4 is 5.32 Å². The highest BCUT2D eigenvalue weighted by Gasteiger charge is 2.47. The molecule has 130 valence electrons. The number of hydrogen-bond acceptors (Lipinski definition) is 3. The van der Waals surface area contributed by atoms with Gasteiger partial charge in [-0.3, -0.25) is 9.59 Å². The second kappa shape index (κ2) is 5.94. The summed E-state index contributed by atoms with van der Waals surface area (Å²) in [6.07, 6.45) is -0.332. The third kappa shape index (κ3) is 2.42. The van der Waals surface area contributed by atoms with Gasteiger partial charge in [0.2, 0.25) is 0 Å². The Morgan fingerprint density at radius 1 is 1.12 bits per heavy atom. The van der Waals surface area contributed by atoms with Crippen molar-refractivity contribution in [2.24, 2.45) is 0 Å². The van der Waals surface area contributed by atoms with Crippen molar-refractivity contribution in [2.45, 2.75) is 18.9 Å². The number of fused-ring (bicyclic) bond motifs is 2. The van der Waals surface area contributed by atoms with Gasteiger partial charge >= 0.3 is 0 Å². The second-order valence-corrected chi connectivity index (χ2v) is 6.94. The summed E-state index contributed by atoms with van der Waals surface area (Å²) in [5.41, 5.74) is 0.127. The van der Waals surface area contributed by atoms with E-state index >= 15 is 0 Å². The first kappa shape index (κ1) is 16.8. The molecule has 0 saturated heterocycles. The summed E-state index contributed by atoms with van der Waals surface area (Å²) in [4.78, 5) is 25.5. The first-order valence-corrected chi connectivity index (χ1v) is 8.64. The summed E-state index contributed by atoms with van der Waals surface area (Å²) >= 11 is 6.10. The van der Waals surface area contributed by atoms with Crippen LogP contribution >= 0.6 is 11.6 Å². The van der Waals surface area contributed by atoms with Gasteiger partial charge in [-0.1, -0.05) is 60.1 Å². The molecule has 4 nitrogen and oxygen atoms in total. The number of amides is 1. The number of nitrogens with one attached hydrogen (secondary N) is 1. The molecule has 26 heavy (non-hydrogen) atoms. The van der Waals surface area contributed by atoms with Gasteiger partial charge in [-0.2, -0.15) is 0 Å². The topological polar surface area (TPSA) is 66.4 Å². The average Bonchev–Trinajstić information content (AvgIpc) is 2.89. The van der Waals surface area contributed by atoms with Crippen molar-refractivity contribution >= 4 is 39.8 Å². The van der Waals surface area contributed by atoms with Crippen molar-refractivity contribution in [1.82, 2.24) is 0 Å². The highest BCUT2D eigenvalue weighted by atomic mass is 35.5. The predicted molar refractivity (Wildman–Crippen MR) is 102 cm³/mol. The van der Waals surface area contributed by atoms with E-state index in [2.05, 4.69) is 5.32 Å². The lowest BCUT2D eigenvalue weighted by Gasteiger charge is -2.20. The molecule has 1 atom stereocenters. The van der Waals surface area contributed by atoms with E-state index in [1.165, 1.54) is 0 Å². The minimum Gasteiger partial charge on any atom is -0.375 e. The summed E-state index contributed by atoms with van der Waals surface area (Å²) in [5, 5.41) is 15.9. The lowest BCUT2D eigenvalue weighted by Crippen LogP contribution is -2.36. The number of hydrogen-bond donors (Lipinski definition) is 2. The van der Waals surface area contributed by atoms with Crippen LogP contribution in [0.3, 0.4) is 0 Å². The molecule has 0 fully saturated rings. The van der Waals surface area contributed by atoms with Crippen LogP contribution in [-0.2, 0) is 10.4 Å². The fraction of sp³-hybridized carbons (Fsp3) is 0.143. The van der Waals surface area contributed by atoms with Crippen LogP contribution in [0.2, 0.25) is 5.02 Å². The maximum absolute atomic E-state index is 13.0. The molecule has 2 N–H and O–H groups in total. The Balaban J connectivity index is 1.77. The van der Waals surface area contributed by atoms with Crippen molar-refractivity contribution < 1.29 is 14.7 Å². The molecular formula is C21H16ClNO3. The molecule has 1 amide bonds. The van der Waals surface area contributed by atoms with Gasteiger partial charge < -0.3 is 10.4 Å². The first-order chi connectivity index (χ1) is 12.4. The van der Waals surface area contributed by atoms with Gasteiger partial charge in [-0.05, 0) is 29.3 Å². The monoisotopic (exact) mass is 365 g/mol. The van der Waals surface area contributed by atoms with E-state index < -0.39 is 11.5 Å². The van der Waals surface area contributed by atoms with Crippen LogP contribution in [0.25, 0.3) is 10.8 Å². The molecule has 3 aromatic rings. The van der Waals surface area contributed by atoms with Crippen LogP contribution in [0.5, 0.6) is 0 Å². The van der Waals surface area contributed by atoms with Crippen molar-refractivity contribution in [2.75, 3.05) is 5.32 Å². The molecule has 3 aromatic carbocycles. The highest BCUT2D eigenvalue weighted by molar-refractivity contribution is 6.32. The molecule has 1 aliphatic heterocycles. The smallest absolute Gasteiger partial charge is 0.261 e. The van der Waals surface area contributed by atoms with Gasteiger partial charge in [-0.25, -0.2) is 0 Å². The maximum atomic E-state index is 13.0. The fourth-order valence-corrected chi connectivity index (χ4v) is 3.66. The van der Waals surface area contributed by atoms with Crippen LogP contribution in [0.15, 0.2) is 54.6 Å². The number of ketones is 1. The van der Waals surface area contributed by atoms with Gasteiger partial charge in [0.1, 0.15) is 0 Å². The van der Waals surface area contributed by atoms with E-state index in [-0.39, 0.29) is 12.2 Å². The fourth-order valence-electron chi connectivity index (χ4n) is 3.50. The standard InChI is InChI=1S/C21H16ClNO3/c1-12-17(22)10-9-16-19(12)23-20(25)21(16,26)11-18(24)15-8-4-6-13-5-2-3-7-14(13)15/h2-10,26H,11H2,1H3,(H,23,25)/t21-/m1/s1. The van der Waals surface area contributed by atoms with E-state index in [0.717, 1.165) is 10.8 Å². The zero-order chi connectivity index (χ0) is 18.5. The number of Topliss-reactive ketones (excluding diaryl/α,β-unsaturated/α-hetero) is 1. The van der Waals surface area contributed by atoms with Crippen molar-refractivity contribution in [1.29, 1.82) is 0 Å². The normalized spacial score (nSPS) is 18.7. The van der Waals surface area contributed by atoms with Crippen LogP contribution in [-0.4, -0.2) is 16.8 Å². The van der Waals surface area contributed by atoms with E-state index in [1.807, 2.05) is 30.3 Å². The van der Waals surface area contributed by atoms with E-state index in [0.29, 0.717) is 27.4 Å². The van der Waals surface area contributed by atoms with Gasteiger partial charge in [0, 0.05) is 16.1 Å². The quantitative estimate of drug-likeness (QED) is 0.683. The third-order valence-electron chi connectivity index (χ3n) is 4.97. The molecule has 1 heterocycles. The predicted octanol–water partition coefficient (Wildman–Crippen LogP) is 4.21. The number of carbonyl (C=O) groups excluding carboxylic acids is 2. The minimum absolute atomic E-state index is 0.292. The Morgan fingerprint density at radius 2 is 1.85 bits per heavy atom. The minimum atomic E-state index is -1.90. The zero-order valence-electron chi connectivity index (χ0n) is 14.0. The molecule has 0 aliphatic carbocycles. The molecule has 0 radical (unpaired) electrons. The number of aliphatic hydroxyl groups is 1. The molecule has 0 spiro atoms. The molecule has 0 unspecified atom stereocenters. The summed E-state index contributed by atoms with van der Waals surface area (Å²) in [6.45, 7) is 1.76. The van der Waals surface area contributed by atoms with E-state index in [9.17, 15) is 14.7 Å². The second-order valence-electron chi connectivity index (χ2n) is 6.54. The molecule has 5 heteroatoms. The Labute approximate surface area is 155 Å². The number of rotatable bonds is 3. The van der Waals surface area contributed by atoms with Gasteiger partial charge in [-0.15, -0.1) is 0 Å². The Kier molecular flexibility index (Phi) is 3.83. The number of benzene rings is 3. The maximum Gasteiger partial charge on any atom is 0.261 e. The number of carbonyl (C=O) groups is 2. The summed E-state index contributed by atoms with van der Waals surface area (Å²) in [5.74, 6) is -0.897. The summed E-state index contributed by atoms with van der Waals surface area (Å²) in [7, 11) is 0. The van der Waals surface area contributed by atoms with Crippen LogP contribution in [0.1, 0.15) is 27.9 Å². The van der Waals surface area contributed by atoms with Crippen molar-refractivity contribution in [3.05, 3.63) is 76.3 Å². The average molecular weight is 366 g/mol. The lowest BCUT2D eigenvalue weighted by molar-refractivity contribution is -0.133. The van der Waals surface area contributed by atoms with Crippen molar-refractivity contribution in [3.63, 3.8) is 0 Å². The Morgan fingerprint density at radius 3 is 2.65 bits per heavy atom. The largest absolute Gasteiger partial charge is 0.375 e. The molecule has 0 aromatic heterocycles. The van der Waals surface area contributed by atoms with Crippen LogP contribution in [0, 0.1) is 6.92 Å². The van der Waals surface area contributed by atoms with Gasteiger partial charge in [0.15, 0.2) is 11.4 Å². The Bertz CT molecular complexity index is 1070. The molecule has 0 saturated carbocycles. The first-order valence-electron chi connectivity index (χ1n) is 8.26. The highest BCUT2D eigenvalue weighted by Crippen LogP contribution is 2.43. The van der Waals surface area contributed by atoms with Gasteiger partial charge in [0.25, 0.3) is 5.91 Å². The molecule has 1 aliphatic rings. The van der Waals surface area contributed by atoms with Crippen molar-refractivity contribution in [3.8, 4) is 0 Å². The molecular weight excluding hydrogens is 350 g/mol. The van der Waals surface area contributed by atoms with E-state index in [1.54, 1.807) is 31.2 Å². The van der Waals surface area contributed by atoms with Crippen LogP contribution in [0.4, 0.5) is 5.69 Å².